The van der Waals surface area contributed by atoms with Gasteiger partial charge in [-0.2, -0.15) is 0 Å². The summed E-state index contributed by atoms with van der Waals surface area (Å²) in [7, 11) is 0. The lowest BCUT2D eigenvalue weighted by Crippen LogP contribution is -2.34. The predicted molar refractivity (Wildman–Crippen MR) is 122 cm³/mol. The van der Waals surface area contributed by atoms with E-state index in [2.05, 4.69) is 4.98 Å². The standard InChI is InChI=1S/C23H23Cl3N2O3/c24-17-5-4-16(13-31-22-3-1-2-10-30-22)20(11-17)23(29,14-28-9-8-27-15-28)19-7-6-18(25)12-21(19)26/h4-9,11-12,15,22,29H,1-3,10,13-14H2. The average Bonchev–Trinajstić information content (AvgIpc) is 3.26. The van der Waals surface area contributed by atoms with Gasteiger partial charge in [0.05, 0.1) is 19.5 Å². The van der Waals surface area contributed by atoms with Crippen molar-refractivity contribution >= 4 is 34.8 Å². The van der Waals surface area contributed by atoms with Crippen LogP contribution in [0.4, 0.5) is 0 Å². The van der Waals surface area contributed by atoms with E-state index < -0.39 is 5.60 Å². The van der Waals surface area contributed by atoms with Crippen molar-refractivity contribution in [3.8, 4) is 0 Å². The molecule has 8 heteroatoms. The van der Waals surface area contributed by atoms with E-state index in [0.29, 0.717) is 32.8 Å². The summed E-state index contributed by atoms with van der Waals surface area (Å²) in [6.07, 6.45) is 7.81. The van der Waals surface area contributed by atoms with Crippen molar-refractivity contribution < 1.29 is 14.6 Å². The number of rotatable bonds is 7. The summed E-state index contributed by atoms with van der Waals surface area (Å²) in [5.74, 6) is 0. The van der Waals surface area contributed by atoms with Gasteiger partial charge in [0, 0.05) is 39.6 Å². The third-order valence-electron chi connectivity index (χ3n) is 5.43. The van der Waals surface area contributed by atoms with E-state index in [0.717, 1.165) is 24.8 Å². The third kappa shape index (κ3) is 5.25. The Kier molecular flexibility index (Phi) is 7.22. The molecule has 164 valence electrons. The first-order chi connectivity index (χ1) is 15.0. The van der Waals surface area contributed by atoms with E-state index in [9.17, 15) is 5.11 Å². The topological polar surface area (TPSA) is 56.5 Å². The Morgan fingerprint density at radius 2 is 1.90 bits per heavy atom. The molecule has 0 spiro atoms. The molecule has 0 aliphatic carbocycles. The lowest BCUT2D eigenvalue weighted by atomic mass is 9.83. The van der Waals surface area contributed by atoms with E-state index in [1.807, 2.05) is 6.07 Å². The zero-order chi connectivity index (χ0) is 21.8. The Bertz CT molecular complexity index is 1020. The molecular weight excluding hydrogens is 459 g/mol. The van der Waals surface area contributed by atoms with Crippen molar-refractivity contribution in [2.75, 3.05) is 6.61 Å². The molecule has 0 bridgehead atoms. The van der Waals surface area contributed by atoms with Gasteiger partial charge in [-0.3, -0.25) is 0 Å². The molecule has 31 heavy (non-hydrogen) atoms. The third-order valence-corrected chi connectivity index (χ3v) is 6.21. The lowest BCUT2D eigenvalue weighted by molar-refractivity contribution is -0.169. The van der Waals surface area contributed by atoms with Crippen LogP contribution in [0.5, 0.6) is 0 Å². The van der Waals surface area contributed by atoms with Crippen LogP contribution in [-0.4, -0.2) is 27.6 Å². The highest BCUT2D eigenvalue weighted by Gasteiger charge is 2.36. The minimum Gasteiger partial charge on any atom is -0.378 e. The van der Waals surface area contributed by atoms with Crippen molar-refractivity contribution in [3.63, 3.8) is 0 Å². The zero-order valence-corrected chi connectivity index (χ0v) is 19.1. The smallest absolute Gasteiger partial charge is 0.158 e. The highest BCUT2D eigenvalue weighted by Crippen LogP contribution is 2.40. The average molecular weight is 482 g/mol. The Hall–Kier alpha value is -1.60. The molecule has 4 rings (SSSR count). The molecule has 2 atom stereocenters. The molecule has 1 fully saturated rings. The fourth-order valence-corrected chi connectivity index (χ4v) is 4.61. The summed E-state index contributed by atoms with van der Waals surface area (Å²) in [5.41, 5.74) is 0.421. The molecule has 1 aromatic heterocycles. The minimum atomic E-state index is -1.50. The lowest BCUT2D eigenvalue weighted by Gasteiger charge is -2.33. The summed E-state index contributed by atoms with van der Waals surface area (Å²) in [6, 6.07) is 10.5. The van der Waals surface area contributed by atoms with Crippen LogP contribution < -0.4 is 0 Å². The summed E-state index contributed by atoms with van der Waals surface area (Å²) >= 11 is 19.0. The van der Waals surface area contributed by atoms with Crippen molar-refractivity contribution in [1.82, 2.24) is 9.55 Å². The number of hydrogen-bond acceptors (Lipinski definition) is 4. The van der Waals surface area contributed by atoms with Gasteiger partial charge in [-0.1, -0.05) is 46.9 Å². The molecule has 1 aliphatic rings. The van der Waals surface area contributed by atoms with Crippen LogP contribution in [0.3, 0.4) is 0 Å². The maximum absolute atomic E-state index is 12.1. The fourth-order valence-electron chi connectivity index (χ4n) is 3.87. The second kappa shape index (κ2) is 9.90. The van der Waals surface area contributed by atoms with Gasteiger partial charge in [-0.15, -0.1) is 0 Å². The quantitative estimate of drug-likeness (QED) is 0.462. The zero-order valence-electron chi connectivity index (χ0n) is 16.8. The SMILES string of the molecule is OC(Cn1ccnc1)(c1ccc(Cl)cc1Cl)c1cc(Cl)ccc1COC1CCCCO1. The Labute approximate surface area is 196 Å². The van der Waals surface area contributed by atoms with E-state index in [1.165, 1.54) is 0 Å². The maximum atomic E-state index is 12.1. The van der Waals surface area contributed by atoms with Crippen molar-refractivity contribution in [1.29, 1.82) is 0 Å². The summed E-state index contributed by atoms with van der Waals surface area (Å²) < 4.78 is 13.5. The summed E-state index contributed by atoms with van der Waals surface area (Å²) in [5, 5.41) is 13.5. The van der Waals surface area contributed by atoms with Gasteiger partial charge >= 0.3 is 0 Å². The van der Waals surface area contributed by atoms with Gasteiger partial charge in [-0.25, -0.2) is 4.98 Å². The molecule has 1 N–H and O–H groups in total. The van der Waals surface area contributed by atoms with Crippen LogP contribution in [0.1, 0.15) is 36.0 Å². The number of nitrogens with zero attached hydrogens (tertiary/aromatic N) is 2. The second-order valence-corrected chi connectivity index (χ2v) is 8.91. The van der Waals surface area contributed by atoms with Crippen molar-refractivity contribution in [2.24, 2.45) is 0 Å². The Morgan fingerprint density at radius 1 is 1.10 bits per heavy atom. The Morgan fingerprint density at radius 3 is 2.61 bits per heavy atom. The molecule has 0 saturated carbocycles. The normalized spacial score (nSPS) is 18.6. The van der Waals surface area contributed by atoms with Crippen LogP contribution >= 0.6 is 34.8 Å². The van der Waals surface area contributed by atoms with Crippen LogP contribution in [0.2, 0.25) is 15.1 Å². The van der Waals surface area contributed by atoms with Crippen molar-refractivity contribution in [3.05, 3.63) is 86.9 Å². The monoisotopic (exact) mass is 480 g/mol. The molecule has 5 nitrogen and oxygen atoms in total. The van der Waals surface area contributed by atoms with Crippen LogP contribution in [-0.2, 0) is 28.2 Å². The number of hydrogen-bond donors (Lipinski definition) is 1. The molecule has 0 amide bonds. The van der Waals surface area contributed by atoms with Crippen molar-refractivity contribution in [2.45, 2.75) is 44.3 Å². The van der Waals surface area contributed by atoms with Crippen LogP contribution in [0.25, 0.3) is 0 Å². The first-order valence-corrected chi connectivity index (χ1v) is 11.2. The van der Waals surface area contributed by atoms with E-state index >= 15 is 0 Å². The van der Waals surface area contributed by atoms with Gasteiger partial charge in [0.1, 0.15) is 5.60 Å². The molecule has 0 radical (unpaired) electrons. The highest BCUT2D eigenvalue weighted by atomic mass is 35.5. The number of ether oxygens (including phenoxy) is 2. The van der Waals surface area contributed by atoms with Crippen LogP contribution in [0.15, 0.2) is 55.1 Å². The first kappa shape index (κ1) is 22.6. The molecule has 1 saturated heterocycles. The number of aromatic nitrogens is 2. The highest BCUT2D eigenvalue weighted by molar-refractivity contribution is 6.35. The minimum absolute atomic E-state index is 0.182. The molecule has 3 aromatic rings. The number of halogens is 3. The number of benzene rings is 2. The molecular formula is C23H23Cl3N2O3. The molecule has 1 aliphatic heterocycles. The first-order valence-electron chi connectivity index (χ1n) is 10.1. The van der Waals surface area contributed by atoms with Gasteiger partial charge < -0.3 is 19.1 Å². The maximum Gasteiger partial charge on any atom is 0.158 e. The predicted octanol–water partition coefficient (Wildman–Crippen LogP) is 5.82. The molecule has 2 aromatic carbocycles. The van der Waals surface area contributed by atoms with Gasteiger partial charge in [0.2, 0.25) is 0 Å². The van der Waals surface area contributed by atoms with Gasteiger partial charge in [0.15, 0.2) is 6.29 Å². The summed E-state index contributed by atoms with van der Waals surface area (Å²) in [6.45, 7) is 1.15. The van der Waals surface area contributed by atoms with Gasteiger partial charge in [-0.05, 0) is 54.7 Å². The largest absolute Gasteiger partial charge is 0.378 e. The van der Waals surface area contributed by atoms with E-state index in [-0.39, 0.29) is 19.4 Å². The van der Waals surface area contributed by atoms with E-state index in [1.54, 1.807) is 53.6 Å². The molecule has 2 heterocycles. The Balaban J connectivity index is 1.75. The second-order valence-electron chi connectivity index (χ2n) is 7.63. The van der Waals surface area contributed by atoms with E-state index in [4.69, 9.17) is 44.3 Å². The number of imidazole rings is 1. The van der Waals surface area contributed by atoms with Crippen LogP contribution in [0, 0.1) is 0 Å². The van der Waals surface area contributed by atoms with Gasteiger partial charge in [0.25, 0.3) is 0 Å². The molecule has 2 unspecified atom stereocenters. The number of aliphatic hydroxyl groups is 1. The fraction of sp³-hybridized carbons (Fsp3) is 0.348. The summed E-state index contributed by atoms with van der Waals surface area (Å²) in [4.78, 5) is 4.10.